The van der Waals surface area contributed by atoms with Crippen LogP contribution in [0.15, 0.2) is 0 Å². The molecule has 1 spiro atoms. The van der Waals surface area contributed by atoms with Crippen LogP contribution >= 0.6 is 0 Å². The zero-order valence-corrected chi connectivity index (χ0v) is 18.3. The molecule has 1 saturated heterocycles. The first-order valence-corrected chi connectivity index (χ1v) is 11.8. The molecule has 6 aliphatic rings. The van der Waals surface area contributed by atoms with Crippen LogP contribution in [-0.4, -0.2) is 95.3 Å². The van der Waals surface area contributed by atoms with E-state index in [0.29, 0.717) is 12.8 Å². The van der Waals surface area contributed by atoms with Gasteiger partial charge < -0.3 is 29.9 Å². The van der Waals surface area contributed by atoms with Crippen molar-refractivity contribution in [3.8, 4) is 0 Å². The molecule has 30 heavy (non-hydrogen) atoms. The second kappa shape index (κ2) is 6.19. The number of hydrogen-bond donors (Lipinski definition) is 4. The number of fused-ring (bicyclic) bond motifs is 2. The van der Waals surface area contributed by atoms with Gasteiger partial charge in [-0.05, 0) is 31.7 Å². The van der Waals surface area contributed by atoms with Gasteiger partial charge in [0, 0.05) is 67.7 Å². The predicted molar refractivity (Wildman–Crippen MR) is 107 cm³/mol. The molecular weight excluding hydrogens is 386 g/mol. The Kier molecular flexibility index (Phi) is 4.19. The number of likely N-dealkylation sites (tertiary alicyclic amines) is 1. The minimum absolute atomic E-state index is 0.000214. The molecule has 5 saturated carbocycles. The monoisotopic (exact) mass is 423 g/mol. The molecular formula is C23H37NO6. The normalized spacial score (nSPS) is 63.3. The highest BCUT2D eigenvalue weighted by molar-refractivity contribution is 5.35. The average Bonchev–Trinajstić information content (AvgIpc) is 3.15. The van der Waals surface area contributed by atoms with Crippen molar-refractivity contribution in [2.24, 2.45) is 40.4 Å². The first-order valence-electron chi connectivity index (χ1n) is 11.8. The summed E-state index contributed by atoms with van der Waals surface area (Å²) in [4.78, 5) is 2.42. The summed E-state index contributed by atoms with van der Waals surface area (Å²) >= 11 is 0. The third-order valence-electron chi connectivity index (χ3n) is 11.0. The van der Waals surface area contributed by atoms with Gasteiger partial charge in [0.25, 0.3) is 0 Å². The van der Waals surface area contributed by atoms with Crippen molar-refractivity contribution in [3.63, 3.8) is 0 Å². The highest BCUT2D eigenvalue weighted by Gasteiger charge is 2.86. The molecule has 0 aromatic rings. The minimum Gasteiger partial charge on any atom is -0.396 e. The van der Waals surface area contributed by atoms with Crippen LogP contribution in [0.1, 0.15) is 32.6 Å². The van der Waals surface area contributed by atoms with Gasteiger partial charge in [0.05, 0.1) is 36.6 Å². The van der Waals surface area contributed by atoms with E-state index in [9.17, 15) is 20.4 Å². The molecule has 7 heteroatoms. The summed E-state index contributed by atoms with van der Waals surface area (Å²) < 4.78 is 12.0. The zero-order valence-electron chi connectivity index (χ0n) is 18.3. The van der Waals surface area contributed by atoms with Crippen molar-refractivity contribution in [2.75, 3.05) is 33.9 Å². The fourth-order valence-electron chi connectivity index (χ4n) is 10.4. The van der Waals surface area contributed by atoms with Crippen molar-refractivity contribution in [1.82, 2.24) is 4.90 Å². The second-order valence-electron chi connectivity index (χ2n) is 11.3. The van der Waals surface area contributed by atoms with E-state index in [-0.39, 0.29) is 59.9 Å². The summed E-state index contributed by atoms with van der Waals surface area (Å²) in [5.41, 5.74) is -1.89. The lowest BCUT2D eigenvalue weighted by Crippen LogP contribution is -2.76. The van der Waals surface area contributed by atoms with E-state index in [4.69, 9.17) is 9.47 Å². The molecule has 5 aliphatic carbocycles. The lowest BCUT2D eigenvalue weighted by molar-refractivity contribution is -0.271. The van der Waals surface area contributed by atoms with Crippen molar-refractivity contribution in [1.29, 1.82) is 0 Å². The Hall–Kier alpha value is -0.280. The molecule has 7 nitrogen and oxygen atoms in total. The number of aliphatic hydroxyl groups is 4. The van der Waals surface area contributed by atoms with Gasteiger partial charge in [-0.2, -0.15) is 0 Å². The van der Waals surface area contributed by atoms with Crippen LogP contribution in [0.3, 0.4) is 0 Å². The minimum atomic E-state index is -1.09. The number of methoxy groups -OCH3 is 2. The molecule has 7 bridgehead atoms. The maximum absolute atomic E-state index is 12.4. The van der Waals surface area contributed by atoms with Gasteiger partial charge in [0.1, 0.15) is 0 Å². The molecule has 6 rings (SSSR count). The van der Waals surface area contributed by atoms with Crippen LogP contribution in [-0.2, 0) is 9.47 Å². The maximum atomic E-state index is 12.4. The molecule has 1 heterocycles. The summed E-state index contributed by atoms with van der Waals surface area (Å²) in [5.74, 6) is -0.480. The summed E-state index contributed by atoms with van der Waals surface area (Å²) in [6.07, 6.45) is 1.16. The lowest BCUT2D eigenvalue weighted by atomic mass is 9.43. The number of ether oxygens (including phenoxy) is 2. The maximum Gasteiger partial charge on any atom is 0.0796 e. The van der Waals surface area contributed by atoms with Gasteiger partial charge in [0.15, 0.2) is 0 Å². The van der Waals surface area contributed by atoms with Gasteiger partial charge in [-0.1, -0.05) is 6.92 Å². The Bertz CT molecular complexity index is 736. The first kappa shape index (κ1) is 20.3. The smallest absolute Gasteiger partial charge is 0.0796 e. The Labute approximate surface area is 178 Å². The third kappa shape index (κ3) is 1.88. The Balaban J connectivity index is 1.64. The Morgan fingerprint density at radius 3 is 2.53 bits per heavy atom. The lowest BCUT2D eigenvalue weighted by Gasteiger charge is -2.68. The molecule has 1 unspecified atom stereocenters. The fourth-order valence-corrected chi connectivity index (χ4v) is 10.4. The van der Waals surface area contributed by atoms with Crippen LogP contribution in [0.4, 0.5) is 0 Å². The molecule has 13 atom stereocenters. The second-order valence-corrected chi connectivity index (χ2v) is 11.3. The van der Waals surface area contributed by atoms with Gasteiger partial charge in [0.2, 0.25) is 0 Å². The molecule has 1 aliphatic heterocycles. The van der Waals surface area contributed by atoms with Gasteiger partial charge in [-0.15, -0.1) is 0 Å². The van der Waals surface area contributed by atoms with E-state index < -0.39 is 23.2 Å². The molecule has 0 amide bonds. The highest BCUT2D eigenvalue weighted by Crippen LogP contribution is 2.79. The molecule has 0 aromatic carbocycles. The largest absolute Gasteiger partial charge is 0.396 e. The standard InChI is InChI=1S/C23H37NO6/c1-4-24-9-21(10-25)6-5-14(26)23-12-7-11-13(29-2)8-22(28,15(12)17(11)27)16(20(23)24)18(30-3)19(21)23/h11-20,25-28H,4-10H2,1-3H3/t11-,12-,13+,14+,15-,16?,17+,18+,19-,20-,21+,22-,23+/m1/s1. The summed E-state index contributed by atoms with van der Waals surface area (Å²) in [6.45, 7) is 3.81. The van der Waals surface area contributed by atoms with Crippen molar-refractivity contribution in [2.45, 2.75) is 68.7 Å². The highest BCUT2D eigenvalue weighted by atomic mass is 16.5. The number of aliphatic hydroxyl groups excluding tert-OH is 3. The van der Waals surface area contributed by atoms with Crippen LogP contribution in [0.2, 0.25) is 0 Å². The third-order valence-corrected chi connectivity index (χ3v) is 11.0. The van der Waals surface area contributed by atoms with Crippen LogP contribution in [0.25, 0.3) is 0 Å². The molecule has 0 radical (unpaired) electrons. The van der Waals surface area contributed by atoms with Crippen LogP contribution in [0.5, 0.6) is 0 Å². The van der Waals surface area contributed by atoms with Crippen LogP contribution in [0, 0.1) is 40.4 Å². The Morgan fingerprint density at radius 1 is 1.13 bits per heavy atom. The van der Waals surface area contributed by atoms with Gasteiger partial charge in [-0.3, -0.25) is 4.90 Å². The van der Waals surface area contributed by atoms with Gasteiger partial charge >= 0.3 is 0 Å². The average molecular weight is 424 g/mol. The van der Waals surface area contributed by atoms with E-state index in [0.717, 1.165) is 25.9 Å². The summed E-state index contributed by atoms with van der Waals surface area (Å²) in [6, 6.07) is 0.000214. The molecule has 170 valence electrons. The Morgan fingerprint density at radius 2 is 1.90 bits per heavy atom. The SMILES string of the molecule is CCN1C[C@]2(CO)CC[C@H](O)[C@@]34[C@@H]5C[C@H]6[C@H](O)[C@@H]5[C@](O)(C[C@@H]6OC)C([C@H](OC)[C@H]23)[C@@H]14. The fraction of sp³-hybridized carbons (Fsp3) is 1.00. The number of hydrogen-bond acceptors (Lipinski definition) is 7. The number of rotatable bonds is 4. The van der Waals surface area contributed by atoms with E-state index in [2.05, 4.69) is 11.8 Å². The number of piperidine rings is 1. The summed E-state index contributed by atoms with van der Waals surface area (Å²) in [5, 5.41) is 46.2. The van der Waals surface area contributed by atoms with Crippen molar-refractivity contribution < 1.29 is 29.9 Å². The predicted octanol–water partition coefficient (Wildman–Crippen LogP) is -0.152. The van der Waals surface area contributed by atoms with E-state index in [1.807, 2.05) is 0 Å². The van der Waals surface area contributed by atoms with E-state index in [1.54, 1.807) is 14.2 Å². The quantitative estimate of drug-likeness (QED) is 0.499. The molecule has 4 N–H and O–H groups in total. The first-order chi connectivity index (χ1) is 14.4. The van der Waals surface area contributed by atoms with Crippen molar-refractivity contribution >= 4 is 0 Å². The zero-order chi connectivity index (χ0) is 21.2. The van der Waals surface area contributed by atoms with E-state index >= 15 is 0 Å². The molecule has 6 fully saturated rings. The van der Waals surface area contributed by atoms with Gasteiger partial charge in [-0.25, -0.2) is 0 Å². The topological polar surface area (TPSA) is 103 Å². The van der Waals surface area contributed by atoms with Crippen LogP contribution < -0.4 is 0 Å². The van der Waals surface area contributed by atoms with Crippen molar-refractivity contribution in [3.05, 3.63) is 0 Å². The van der Waals surface area contributed by atoms with E-state index in [1.165, 1.54) is 0 Å². The summed E-state index contributed by atoms with van der Waals surface area (Å²) in [7, 11) is 3.40. The molecule has 0 aromatic heterocycles. The number of nitrogens with zero attached hydrogens (tertiary/aromatic N) is 1.